The second-order valence-corrected chi connectivity index (χ2v) is 6.03. The van der Waals surface area contributed by atoms with Crippen molar-refractivity contribution in [2.24, 2.45) is 5.92 Å². The third-order valence-corrected chi connectivity index (χ3v) is 4.52. The lowest BCUT2D eigenvalue weighted by molar-refractivity contribution is 0.0642. The first kappa shape index (κ1) is 17.0. The molecule has 1 amide bonds. The quantitative estimate of drug-likeness (QED) is 0.865. The summed E-state index contributed by atoms with van der Waals surface area (Å²) in [6, 6.07) is 10.1. The molecule has 0 radical (unpaired) electrons. The van der Waals surface area contributed by atoms with Gasteiger partial charge in [0, 0.05) is 30.8 Å². The van der Waals surface area contributed by atoms with E-state index in [4.69, 9.17) is 4.74 Å². The largest absolute Gasteiger partial charge is 0.505 e. The monoisotopic (exact) mass is 340 g/mol. The van der Waals surface area contributed by atoms with Gasteiger partial charge >= 0.3 is 0 Å². The van der Waals surface area contributed by atoms with Crippen LogP contribution in [0.4, 0.5) is 0 Å². The molecule has 3 rings (SSSR count). The van der Waals surface area contributed by atoms with Gasteiger partial charge in [-0.15, -0.1) is 0 Å². The Balaban J connectivity index is 1.62. The Morgan fingerprint density at radius 2 is 1.84 bits per heavy atom. The fraction of sp³-hybridized carbons (Fsp3) is 0.316. The number of hydrogen-bond acceptors (Lipinski definition) is 5. The molecule has 1 aromatic heterocycles. The SMILES string of the molecule is COc1ccc(C(=O)C2CCN(C(=O)c3ncccc3O)CC2)cc1. The van der Waals surface area contributed by atoms with E-state index in [1.807, 2.05) is 0 Å². The van der Waals surface area contributed by atoms with Crippen molar-refractivity contribution in [1.29, 1.82) is 0 Å². The van der Waals surface area contributed by atoms with Crippen LogP contribution in [0.3, 0.4) is 0 Å². The van der Waals surface area contributed by atoms with Crippen molar-refractivity contribution in [2.75, 3.05) is 20.2 Å². The Kier molecular flexibility index (Phi) is 4.97. The third kappa shape index (κ3) is 3.63. The second kappa shape index (κ2) is 7.34. The lowest BCUT2D eigenvalue weighted by Crippen LogP contribution is -2.40. The van der Waals surface area contributed by atoms with Gasteiger partial charge in [0.25, 0.3) is 5.91 Å². The van der Waals surface area contributed by atoms with Gasteiger partial charge in [-0.3, -0.25) is 9.59 Å². The van der Waals surface area contributed by atoms with Crippen LogP contribution in [0, 0.1) is 5.92 Å². The molecular weight excluding hydrogens is 320 g/mol. The number of ketones is 1. The minimum absolute atomic E-state index is 0.0578. The molecule has 1 fully saturated rings. The molecule has 0 saturated carbocycles. The molecule has 2 aromatic rings. The molecule has 25 heavy (non-hydrogen) atoms. The number of pyridine rings is 1. The molecule has 1 aliphatic rings. The summed E-state index contributed by atoms with van der Waals surface area (Å²) in [4.78, 5) is 30.6. The number of benzene rings is 1. The smallest absolute Gasteiger partial charge is 0.276 e. The third-order valence-electron chi connectivity index (χ3n) is 4.52. The van der Waals surface area contributed by atoms with E-state index >= 15 is 0 Å². The van der Waals surface area contributed by atoms with E-state index < -0.39 is 0 Å². The maximum Gasteiger partial charge on any atom is 0.276 e. The fourth-order valence-corrected chi connectivity index (χ4v) is 3.05. The summed E-state index contributed by atoms with van der Waals surface area (Å²) in [5.41, 5.74) is 0.718. The maximum absolute atomic E-state index is 12.6. The first-order valence-corrected chi connectivity index (χ1v) is 8.21. The number of Topliss-reactive ketones (excluding diaryl/α,β-unsaturated/α-hetero) is 1. The number of rotatable bonds is 4. The van der Waals surface area contributed by atoms with Crippen LogP contribution in [-0.4, -0.2) is 46.9 Å². The Labute approximate surface area is 146 Å². The van der Waals surface area contributed by atoms with E-state index in [2.05, 4.69) is 4.98 Å². The molecule has 0 unspecified atom stereocenters. The second-order valence-electron chi connectivity index (χ2n) is 6.03. The van der Waals surface area contributed by atoms with E-state index in [0.717, 1.165) is 0 Å². The zero-order chi connectivity index (χ0) is 17.8. The number of nitrogens with zero attached hydrogens (tertiary/aromatic N) is 2. The molecule has 0 atom stereocenters. The molecular formula is C19H20N2O4. The summed E-state index contributed by atoms with van der Waals surface area (Å²) in [6.45, 7) is 0.947. The van der Waals surface area contributed by atoms with Crippen molar-refractivity contribution in [3.05, 3.63) is 53.9 Å². The van der Waals surface area contributed by atoms with Crippen LogP contribution in [0.25, 0.3) is 0 Å². The number of aromatic hydroxyl groups is 1. The van der Waals surface area contributed by atoms with Gasteiger partial charge in [-0.05, 0) is 49.2 Å². The first-order valence-electron chi connectivity index (χ1n) is 8.21. The van der Waals surface area contributed by atoms with Crippen LogP contribution < -0.4 is 4.74 Å². The standard InChI is InChI=1S/C19H20N2O4/c1-25-15-6-4-13(5-7-15)18(23)14-8-11-21(12-9-14)19(24)17-16(22)3-2-10-20-17/h2-7,10,14,22H,8-9,11-12H2,1H3. The average molecular weight is 340 g/mol. The zero-order valence-corrected chi connectivity index (χ0v) is 14.0. The normalized spacial score (nSPS) is 15.0. The Morgan fingerprint density at radius 1 is 1.16 bits per heavy atom. The minimum atomic E-state index is -0.298. The average Bonchev–Trinajstić information content (AvgIpc) is 2.67. The van der Waals surface area contributed by atoms with E-state index in [9.17, 15) is 14.7 Å². The summed E-state index contributed by atoms with van der Waals surface area (Å²) in [5, 5.41) is 9.77. The van der Waals surface area contributed by atoms with Crippen molar-refractivity contribution in [3.63, 3.8) is 0 Å². The Hall–Kier alpha value is -2.89. The molecule has 1 aromatic carbocycles. The fourth-order valence-electron chi connectivity index (χ4n) is 3.05. The van der Waals surface area contributed by atoms with Crippen LogP contribution in [0.15, 0.2) is 42.6 Å². The molecule has 6 nitrogen and oxygen atoms in total. The van der Waals surface area contributed by atoms with Gasteiger partial charge < -0.3 is 14.7 Å². The van der Waals surface area contributed by atoms with E-state index in [1.54, 1.807) is 42.3 Å². The lowest BCUT2D eigenvalue weighted by atomic mass is 9.88. The van der Waals surface area contributed by atoms with E-state index in [-0.39, 0.29) is 29.1 Å². The number of hydrogen-bond donors (Lipinski definition) is 1. The predicted molar refractivity (Wildman–Crippen MR) is 91.9 cm³/mol. The summed E-state index contributed by atoms with van der Waals surface area (Å²) >= 11 is 0. The summed E-state index contributed by atoms with van der Waals surface area (Å²) in [5.74, 6) is 0.287. The van der Waals surface area contributed by atoms with Crippen LogP contribution in [0.5, 0.6) is 11.5 Å². The molecule has 0 spiro atoms. The van der Waals surface area contributed by atoms with Gasteiger partial charge in [0.15, 0.2) is 11.5 Å². The van der Waals surface area contributed by atoms with Crippen molar-refractivity contribution >= 4 is 11.7 Å². The number of carbonyl (C=O) groups excluding carboxylic acids is 2. The highest BCUT2D eigenvalue weighted by atomic mass is 16.5. The van der Waals surface area contributed by atoms with Crippen LogP contribution >= 0.6 is 0 Å². The molecule has 130 valence electrons. The molecule has 0 bridgehead atoms. The number of piperidine rings is 1. The number of likely N-dealkylation sites (tertiary alicyclic amines) is 1. The summed E-state index contributed by atoms with van der Waals surface area (Å²) in [6.07, 6.45) is 2.68. The van der Waals surface area contributed by atoms with Crippen LogP contribution in [-0.2, 0) is 0 Å². The highest BCUT2D eigenvalue weighted by Gasteiger charge is 2.29. The number of aromatic nitrogens is 1. The van der Waals surface area contributed by atoms with Gasteiger partial charge in [0.2, 0.25) is 0 Å². The van der Waals surface area contributed by atoms with Gasteiger partial charge in [-0.1, -0.05) is 0 Å². The highest BCUT2D eigenvalue weighted by molar-refractivity contribution is 5.98. The maximum atomic E-state index is 12.6. The van der Waals surface area contributed by atoms with Crippen molar-refractivity contribution in [3.8, 4) is 11.5 Å². The minimum Gasteiger partial charge on any atom is -0.505 e. The molecule has 1 aliphatic heterocycles. The van der Waals surface area contributed by atoms with Crippen LogP contribution in [0.2, 0.25) is 0 Å². The summed E-state index contributed by atoms with van der Waals surface area (Å²) < 4.78 is 5.10. The number of methoxy groups -OCH3 is 1. The Morgan fingerprint density at radius 3 is 2.44 bits per heavy atom. The molecule has 0 aliphatic carbocycles. The molecule has 2 heterocycles. The zero-order valence-electron chi connectivity index (χ0n) is 14.0. The van der Waals surface area contributed by atoms with Gasteiger partial charge in [-0.25, -0.2) is 4.98 Å². The van der Waals surface area contributed by atoms with Crippen molar-refractivity contribution in [1.82, 2.24) is 9.88 Å². The Bertz CT molecular complexity index is 765. The number of carbonyl (C=O) groups is 2. The lowest BCUT2D eigenvalue weighted by Gasteiger charge is -2.31. The van der Waals surface area contributed by atoms with E-state index in [1.165, 1.54) is 12.3 Å². The van der Waals surface area contributed by atoms with Crippen LogP contribution in [0.1, 0.15) is 33.7 Å². The molecule has 6 heteroatoms. The van der Waals surface area contributed by atoms with Gasteiger partial charge in [0.1, 0.15) is 11.5 Å². The predicted octanol–water partition coefficient (Wildman–Crippen LogP) is 2.53. The highest BCUT2D eigenvalue weighted by Crippen LogP contribution is 2.25. The first-order chi connectivity index (χ1) is 12.1. The number of amides is 1. The van der Waals surface area contributed by atoms with Gasteiger partial charge in [-0.2, -0.15) is 0 Å². The van der Waals surface area contributed by atoms with E-state index in [0.29, 0.717) is 37.2 Å². The number of ether oxygens (including phenoxy) is 1. The molecule has 1 N–H and O–H groups in total. The van der Waals surface area contributed by atoms with Gasteiger partial charge in [0.05, 0.1) is 7.11 Å². The summed E-state index contributed by atoms with van der Waals surface area (Å²) in [7, 11) is 1.59. The van der Waals surface area contributed by atoms with Crippen molar-refractivity contribution in [2.45, 2.75) is 12.8 Å². The van der Waals surface area contributed by atoms with Crippen molar-refractivity contribution < 1.29 is 19.4 Å². The topological polar surface area (TPSA) is 79.7 Å². The molecule has 1 saturated heterocycles.